The highest BCUT2D eigenvalue weighted by Gasteiger charge is 2.24. The van der Waals surface area contributed by atoms with Gasteiger partial charge in [0.1, 0.15) is 11.9 Å². The van der Waals surface area contributed by atoms with Crippen LogP contribution in [0.15, 0.2) is 60.0 Å². The molecule has 0 radical (unpaired) electrons. The van der Waals surface area contributed by atoms with E-state index in [4.69, 9.17) is 4.98 Å². The van der Waals surface area contributed by atoms with Gasteiger partial charge in [0.25, 0.3) is 5.91 Å². The van der Waals surface area contributed by atoms with E-state index in [9.17, 15) is 9.59 Å². The second-order valence-electron chi connectivity index (χ2n) is 11.2. The number of benzene rings is 2. The Morgan fingerprint density at radius 3 is 2.29 bits per heavy atom. The van der Waals surface area contributed by atoms with E-state index in [1.165, 1.54) is 4.88 Å². The first-order valence-corrected chi connectivity index (χ1v) is 16.2. The minimum Gasteiger partial charge on any atom is -0.372 e. The minimum absolute atomic E-state index is 0.218. The van der Waals surface area contributed by atoms with Crippen molar-refractivity contribution in [2.24, 2.45) is 5.92 Å². The molecule has 4 rings (SSSR count). The highest BCUT2D eigenvalue weighted by atomic mass is 32.1. The number of fused-ring (bicyclic) bond motifs is 1. The molecule has 1 unspecified atom stereocenters. The number of rotatable bonds is 14. The summed E-state index contributed by atoms with van der Waals surface area (Å²) >= 11 is 1.73. The molecule has 0 aliphatic carbocycles. The lowest BCUT2D eigenvalue weighted by molar-refractivity contribution is -0.118. The summed E-state index contributed by atoms with van der Waals surface area (Å²) < 4.78 is 2.34. The summed E-state index contributed by atoms with van der Waals surface area (Å²) in [5.74, 6) is 0.753. The van der Waals surface area contributed by atoms with Crippen molar-refractivity contribution in [3.63, 3.8) is 0 Å². The van der Waals surface area contributed by atoms with Crippen LogP contribution < -0.4 is 15.5 Å². The molecule has 2 amide bonds. The molecule has 8 heteroatoms. The Morgan fingerprint density at radius 2 is 1.69 bits per heavy atom. The summed E-state index contributed by atoms with van der Waals surface area (Å²) in [6.45, 7) is 14.6. The maximum atomic E-state index is 13.5. The number of carbonyl (C=O) groups is 2. The third-order valence-corrected chi connectivity index (χ3v) is 8.71. The summed E-state index contributed by atoms with van der Waals surface area (Å²) in [4.78, 5) is 35.4. The molecular formula is C34H45N5O2S. The van der Waals surface area contributed by atoms with Crippen LogP contribution in [0.1, 0.15) is 87.9 Å². The Morgan fingerprint density at radius 1 is 0.976 bits per heavy atom. The third-order valence-electron chi connectivity index (χ3n) is 7.84. The van der Waals surface area contributed by atoms with Crippen molar-refractivity contribution in [3.8, 4) is 0 Å². The maximum absolute atomic E-state index is 13.5. The standard InChI is InChI=1S/C34H45N5O2S/c1-7-26(8-2)39-31-18-13-24(21-29(31)36-32(39)22-28-12-11-19-42-28)33(40)37-30(20-23(5)6)34(41)35-25-14-16-27(17-15-25)38(9-3)10-4/h11-19,21,23,26,30H,7-10,20,22H2,1-6H3,(H,35,41)(H,37,40). The quantitative estimate of drug-likeness (QED) is 0.159. The molecule has 0 aliphatic heterocycles. The van der Waals surface area contributed by atoms with Crippen molar-refractivity contribution in [2.75, 3.05) is 23.3 Å². The van der Waals surface area contributed by atoms with Crippen LogP contribution in [0.2, 0.25) is 0 Å². The van der Waals surface area contributed by atoms with Crippen molar-refractivity contribution < 1.29 is 9.59 Å². The Labute approximate surface area is 254 Å². The molecule has 2 aromatic heterocycles. The van der Waals surface area contributed by atoms with Crippen LogP contribution in [-0.4, -0.2) is 40.5 Å². The van der Waals surface area contributed by atoms with E-state index in [2.05, 4.69) is 79.2 Å². The first-order chi connectivity index (χ1) is 20.3. The largest absolute Gasteiger partial charge is 0.372 e. The zero-order valence-electron chi connectivity index (χ0n) is 25.8. The van der Waals surface area contributed by atoms with Crippen LogP contribution in [0.4, 0.5) is 11.4 Å². The zero-order chi connectivity index (χ0) is 30.2. The fourth-order valence-electron chi connectivity index (χ4n) is 5.56. The molecule has 2 heterocycles. The Hall–Kier alpha value is -3.65. The van der Waals surface area contributed by atoms with Gasteiger partial charge in [-0.3, -0.25) is 9.59 Å². The lowest BCUT2D eigenvalue weighted by Crippen LogP contribution is -2.44. The number of hydrogen-bond donors (Lipinski definition) is 2. The first-order valence-electron chi connectivity index (χ1n) is 15.3. The summed E-state index contributed by atoms with van der Waals surface area (Å²) in [7, 11) is 0. The second kappa shape index (κ2) is 14.5. The maximum Gasteiger partial charge on any atom is 0.252 e. The van der Waals surface area contributed by atoms with E-state index >= 15 is 0 Å². The summed E-state index contributed by atoms with van der Waals surface area (Å²) in [5.41, 5.74) is 4.18. The minimum atomic E-state index is -0.660. The van der Waals surface area contributed by atoms with Gasteiger partial charge >= 0.3 is 0 Å². The normalized spacial score (nSPS) is 12.2. The van der Waals surface area contributed by atoms with Crippen LogP contribution >= 0.6 is 11.3 Å². The lowest BCUT2D eigenvalue weighted by Gasteiger charge is -2.22. The lowest BCUT2D eigenvalue weighted by atomic mass is 10.0. The van der Waals surface area contributed by atoms with Crippen LogP contribution in [0, 0.1) is 5.92 Å². The van der Waals surface area contributed by atoms with Crippen molar-refractivity contribution in [2.45, 2.75) is 79.3 Å². The predicted molar refractivity (Wildman–Crippen MR) is 176 cm³/mol. The molecule has 1 atom stereocenters. The molecule has 4 aromatic rings. The Kier molecular flexibility index (Phi) is 10.8. The molecule has 0 fully saturated rings. The smallest absolute Gasteiger partial charge is 0.252 e. The van der Waals surface area contributed by atoms with Crippen LogP contribution in [-0.2, 0) is 11.2 Å². The van der Waals surface area contributed by atoms with Gasteiger partial charge in [-0.25, -0.2) is 4.98 Å². The van der Waals surface area contributed by atoms with Crippen molar-refractivity contribution in [1.82, 2.24) is 14.9 Å². The number of nitrogens with one attached hydrogen (secondary N) is 2. The number of imidazole rings is 1. The summed E-state index contributed by atoms with van der Waals surface area (Å²) in [6, 6.07) is 17.5. The number of thiophene rings is 1. The number of anilines is 2. The third kappa shape index (κ3) is 7.40. The predicted octanol–water partition coefficient (Wildman–Crippen LogP) is 7.68. The van der Waals surface area contributed by atoms with Gasteiger partial charge in [-0.2, -0.15) is 0 Å². The molecule has 0 spiro atoms. The number of aromatic nitrogens is 2. The van der Waals surface area contributed by atoms with Crippen LogP contribution in [0.5, 0.6) is 0 Å². The number of nitrogens with zero attached hydrogens (tertiary/aromatic N) is 3. The van der Waals surface area contributed by atoms with E-state index in [1.807, 2.05) is 42.5 Å². The Balaban J connectivity index is 1.55. The zero-order valence-corrected chi connectivity index (χ0v) is 26.6. The van der Waals surface area contributed by atoms with Gasteiger partial charge in [0.15, 0.2) is 0 Å². The molecule has 0 aliphatic rings. The van der Waals surface area contributed by atoms with E-state index < -0.39 is 6.04 Å². The number of amides is 2. The van der Waals surface area contributed by atoms with Gasteiger partial charge in [0, 0.05) is 47.4 Å². The second-order valence-corrected chi connectivity index (χ2v) is 12.2. The molecule has 0 saturated heterocycles. The topological polar surface area (TPSA) is 79.3 Å². The van der Waals surface area contributed by atoms with Crippen molar-refractivity contribution in [1.29, 1.82) is 0 Å². The molecule has 0 bridgehead atoms. The van der Waals surface area contributed by atoms with Gasteiger partial charge < -0.3 is 20.1 Å². The molecule has 7 nitrogen and oxygen atoms in total. The van der Waals surface area contributed by atoms with E-state index in [0.29, 0.717) is 23.7 Å². The van der Waals surface area contributed by atoms with Gasteiger partial charge in [0.2, 0.25) is 5.91 Å². The number of carbonyl (C=O) groups excluding carboxylic acids is 2. The summed E-state index contributed by atoms with van der Waals surface area (Å²) in [5, 5.41) is 8.10. The average Bonchev–Trinajstić information content (AvgIpc) is 3.62. The molecule has 0 saturated carbocycles. The average molecular weight is 588 g/mol. The van der Waals surface area contributed by atoms with Crippen molar-refractivity contribution in [3.05, 3.63) is 76.2 Å². The van der Waals surface area contributed by atoms with Crippen LogP contribution in [0.3, 0.4) is 0 Å². The summed E-state index contributed by atoms with van der Waals surface area (Å²) in [6.07, 6.45) is 3.31. The number of hydrogen-bond acceptors (Lipinski definition) is 5. The molecule has 42 heavy (non-hydrogen) atoms. The highest BCUT2D eigenvalue weighted by Crippen LogP contribution is 2.28. The first kappa shape index (κ1) is 31.3. The van der Waals surface area contributed by atoms with Gasteiger partial charge in [0.05, 0.1) is 11.0 Å². The Bertz CT molecular complexity index is 1450. The SMILES string of the molecule is CCC(CC)n1c(Cc2cccs2)nc2cc(C(=O)NC(CC(C)C)C(=O)Nc3ccc(N(CC)CC)cc3)ccc21. The fraction of sp³-hybridized carbons (Fsp3) is 0.441. The van der Waals surface area contributed by atoms with Gasteiger partial charge in [-0.15, -0.1) is 11.3 Å². The van der Waals surface area contributed by atoms with Gasteiger partial charge in [-0.1, -0.05) is 33.8 Å². The van der Waals surface area contributed by atoms with E-state index in [0.717, 1.165) is 54.9 Å². The van der Waals surface area contributed by atoms with Gasteiger partial charge in [-0.05, 0) is 92.9 Å². The van der Waals surface area contributed by atoms with E-state index in [-0.39, 0.29) is 17.7 Å². The fourth-order valence-corrected chi connectivity index (χ4v) is 6.26. The molecule has 2 aromatic carbocycles. The van der Waals surface area contributed by atoms with Crippen molar-refractivity contribution >= 4 is 45.6 Å². The highest BCUT2D eigenvalue weighted by molar-refractivity contribution is 7.09. The van der Waals surface area contributed by atoms with Crippen LogP contribution in [0.25, 0.3) is 11.0 Å². The molecule has 224 valence electrons. The molecular weight excluding hydrogens is 542 g/mol. The monoisotopic (exact) mass is 587 g/mol. The van der Waals surface area contributed by atoms with E-state index in [1.54, 1.807) is 11.3 Å². The molecule has 2 N–H and O–H groups in total.